The Hall–Kier alpha value is -3.83. The van der Waals surface area contributed by atoms with E-state index in [1.54, 1.807) is 18.2 Å². The molecule has 0 aromatic heterocycles. The smallest absolute Gasteiger partial charge is 0.279 e. The van der Waals surface area contributed by atoms with E-state index in [0.29, 0.717) is 11.1 Å². The molecule has 5 nitrogen and oxygen atoms in total. The van der Waals surface area contributed by atoms with Gasteiger partial charge in [0.1, 0.15) is 0 Å². The number of nitrogens with zero attached hydrogens (tertiary/aromatic N) is 1. The Morgan fingerprint density at radius 2 is 1.76 bits per heavy atom. The number of Topliss-reactive ketones (excluding diaryl/α,β-unsaturated/α-hetero) is 1. The number of hydrogen-bond donors (Lipinski definition) is 1. The fourth-order valence-corrected chi connectivity index (χ4v) is 4.72. The van der Waals surface area contributed by atoms with Crippen molar-refractivity contribution in [2.45, 2.75) is 39.2 Å². The van der Waals surface area contributed by atoms with Gasteiger partial charge in [-0.25, -0.2) is 10.4 Å². The monoisotopic (exact) mass is 450 g/mol. The molecule has 34 heavy (non-hydrogen) atoms. The summed E-state index contributed by atoms with van der Waals surface area (Å²) < 4.78 is 0. The molecular weight excluding hydrogens is 424 g/mol. The van der Waals surface area contributed by atoms with E-state index < -0.39 is 23.1 Å². The van der Waals surface area contributed by atoms with Crippen molar-refractivity contribution in [2.24, 2.45) is 0 Å². The van der Waals surface area contributed by atoms with Crippen LogP contribution in [0, 0.1) is 6.92 Å². The van der Waals surface area contributed by atoms with E-state index in [1.807, 2.05) is 70.2 Å². The highest BCUT2D eigenvalue weighted by Crippen LogP contribution is 2.35. The lowest BCUT2D eigenvalue weighted by molar-refractivity contribution is -0.130. The summed E-state index contributed by atoms with van der Waals surface area (Å²) in [5.41, 5.74) is 6.28. The first kappa shape index (κ1) is 22.0. The second-order valence-corrected chi connectivity index (χ2v) is 9.94. The lowest BCUT2D eigenvalue weighted by Crippen LogP contribution is -2.56. The van der Waals surface area contributed by atoms with Crippen molar-refractivity contribution < 1.29 is 14.4 Å². The fraction of sp³-hybridized carbons (Fsp3) is 0.207. The molecule has 0 radical (unpaired) electrons. The van der Waals surface area contributed by atoms with Crippen molar-refractivity contribution in [2.75, 3.05) is 0 Å². The lowest BCUT2D eigenvalue weighted by atomic mass is 9.76. The summed E-state index contributed by atoms with van der Waals surface area (Å²) >= 11 is 0. The number of allylic oxidation sites excluding steroid dienone is 5. The van der Waals surface area contributed by atoms with Gasteiger partial charge in [-0.3, -0.25) is 14.4 Å². The molecule has 0 saturated carbocycles. The first-order chi connectivity index (χ1) is 16.1. The normalized spacial score (nSPS) is 17.6. The molecule has 0 spiro atoms. The maximum Gasteiger partial charge on any atom is 0.279 e. The predicted octanol–water partition coefficient (Wildman–Crippen LogP) is 3.09. The van der Waals surface area contributed by atoms with Crippen molar-refractivity contribution in [1.29, 1.82) is 0 Å². The van der Waals surface area contributed by atoms with Gasteiger partial charge in [-0.05, 0) is 73.0 Å². The van der Waals surface area contributed by atoms with Crippen molar-refractivity contribution in [3.63, 3.8) is 0 Å². The molecule has 3 aliphatic carbocycles. The number of hydrogen-bond acceptors (Lipinski definition) is 4. The molecule has 0 fully saturated rings. The van der Waals surface area contributed by atoms with Gasteiger partial charge in [-0.15, -0.1) is 0 Å². The molecule has 3 aliphatic rings. The summed E-state index contributed by atoms with van der Waals surface area (Å²) in [4.78, 5) is 40.7. The molecule has 170 valence electrons. The van der Waals surface area contributed by atoms with E-state index in [2.05, 4.69) is 11.5 Å². The van der Waals surface area contributed by atoms with Gasteiger partial charge in [0.15, 0.2) is 5.78 Å². The highest BCUT2D eigenvalue weighted by molar-refractivity contribution is 6.37. The molecular formula is C29H26N2O3. The number of benzene rings is 2. The number of rotatable bonds is 3. The summed E-state index contributed by atoms with van der Waals surface area (Å²) in [5, 5.41) is 2.87. The molecule has 0 aliphatic heterocycles. The average molecular weight is 451 g/mol. The van der Waals surface area contributed by atoms with Crippen LogP contribution in [0.15, 0.2) is 66.3 Å². The molecule has 1 N–H and O–H groups in total. The Morgan fingerprint density at radius 3 is 2.50 bits per heavy atom. The van der Waals surface area contributed by atoms with Crippen LogP contribution in [-0.4, -0.2) is 28.1 Å². The Bertz CT molecular complexity index is 1480. The molecule has 0 saturated heterocycles. The van der Waals surface area contributed by atoms with Crippen LogP contribution >= 0.6 is 0 Å². The minimum atomic E-state index is -0.653. The molecule has 0 heterocycles. The largest absolute Gasteiger partial charge is 0.289 e. The fourth-order valence-electron chi connectivity index (χ4n) is 4.72. The van der Waals surface area contributed by atoms with Crippen molar-refractivity contribution in [1.82, 2.24) is 10.4 Å². The third-order valence-corrected chi connectivity index (χ3v) is 6.11. The van der Waals surface area contributed by atoms with Crippen LogP contribution in [0.4, 0.5) is 0 Å². The van der Waals surface area contributed by atoms with Crippen LogP contribution in [0.25, 0.3) is 17.7 Å². The van der Waals surface area contributed by atoms with Gasteiger partial charge in [-0.2, -0.15) is 0 Å². The van der Waals surface area contributed by atoms with Gasteiger partial charge >= 0.3 is 0 Å². The minimum Gasteiger partial charge on any atom is -0.289 e. The van der Waals surface area contributed by atoms with E-state index in [4.69, 9.17) is 0 Å². The summed E-state index contributed by atoms with van der Waals surface area (Å²) in [6.45, 7) is 7.48. The predicted molar refractivity (Wildman–Crippen MR) is 133 cm³/mol. The van der Waals surface area contributed by atoms with E-state index in [-0.39, 0.29) is 11.5 Å². The average Bonchev–Trinajstić information content (AvgIpc) is 2.79. The zero-order chi connectivity index (χ0) is 24.2. The Kier molecular flexibility index (Phi) is 5.10. The number of carbonyl (C=O) groups excluding carboxylic acids is 3. The number of carbonyl (C=O) groups is 3. The number of ketones is 1. The van der Waals surface area contributed by atoms with Crippen molar-refractivity contribution in [3.05, 3.63) is 99.0 Å². The third kappa shape index (κ3) is 3.68. The molecule has 1 atom stereocenters. The standard InChI is InChI=1S/C29H26N2O3/c1-17-7-5-10-21(15-17)27(33)31(30-29(2,3)4)28(34)26-22-14-13-19-9-6-8-18-11-12-20(16-23(26)32)25(22)24(18)19/h5-16,19,30H,1-4H3. The van der Waals surface area contributed by atoms with Crippen LogP contribution in [0.1, 0.15) is 53.7 Å². The van der Waals surface area contributed by atoms with Crippen LogP contribution in [0.5, 0.6) is 0 Å². The molecule has 2 aromatic rings. The molecule has 2 aromatic carbocycles. The summed E-state index contributed by atoms with van der Waals surface area (Å²) in [6, 6.07) is 11.0. The third-order valence-electron chi connectivity index (χ3n) is 6.11. The SMILES string of the molecule is Cc1cccc(C(=O)N(NC(C)(C)C)C(=O)C2=C3C=CC4C=CC=c5ccc(c3c54)=CC2=O)c1. The molecule has 5 rings (SSSR count). The van der Waals surface area contributed by atoms with Gasteiger partial charge in [0.25, 0.3) is 11.8 Å². The van der Waals surface area contributed by atoms with E-state index in [0.717, 1.165) is 32.1 Å². The highest BCUT2D eigenvalue weighted by atomic mass is 16.2. The molecule has 2 amide bonds. The minimum absolute atomic E-state index is 0.00269. The Labute approximate surface area is 198 Å². The summed E-state index contributed by atoms with van der Waals surface area (Å²) in [6.07, 6.45) is 11.5. The topological polar surface area (TPSA) is 66.5 Å². The number of aryl methyl sites for hydroxylation is 1. The van der Waals surface area contributed by atoms with Crippen molar-refractivity contribution in [3.8, 4) is 0 Å². The van der Waals surface area contributed by atoms with Gasteiger partial charge < -0.3 is 0 Å². The first-order valence-corrected chi connectivity index (χ1v) is 11.4. The summed E-state index contributed by atoms with van der Waals surface area (Å²) in [7, 11) is 0. The molecule has 5 heteroatoms. The number of hydrazine groups is 1. The van der Waals surface area contributed by atoms with Crippen LogP contribution in [-0.2, 0) is 9.59 Å². The number of nitrogens with one attached hydrogen (secondary N) is 1. The van der Waals surface area contributed by atoms with Crippen LogP contribution in [0.2, 0.25) is 0 Å². The second kappa shape index (κ2) is 7.89. The Balaban J connectivity index is 1.67. The van der Waals surface area contributed by atoms with E-state index in [1.165, 1.54) is 6.08 Å². The number of amides is 2. The van der Waals surface area contributed by atoms with Gasteiger partial charge in [-0.1, -0.05) is 60.2 Å². The zero-order valence-electron chi connectivity index (χ0n) is 19.7. The molecule has 1 unspecified atom stereocenters. The lowest BCUT2D eigenvalue weighted by Gasteiger charge is -2.32. The van der Waals surface area contributed by atoms with E-state index >= 15 is 0 Å². The van der Waals surface area contributed by atoms with E-state index in [9.17, 15) is 14.4 Å². The first-order valence-electron chi connectivity index (χ1n) is 11.4. The Morgan fingerprint density at radius 1 is 1.00 bits per heavy atom. The maximum absolute atomic E-state index is 13.9. The highest BCUT2D eigenvalue weighted by Gasteiger charge is 2.36. The summed E-state index contributed by atoms with van der Waals surface area (Å²) in [5.74, 6) is -1.46. The van der Waals surface area contributed by atoms with Gasteiger partial charge in [0.05, 0.1) is 5.57 Å². The maximum atomic E-state index is 13.9. The zero-order valence-corrected chi connectivity index (χ0v) is 19.7. The number of imide groups is 1. The van der Waals surface area contributed by atoms with Crippen LogP contribution in [0.3, 0.4) is 0 Å². The molecule has 0 bridgehead atoms. The second-order valence-electron chi connectivity index (χ2n) is 9.94. The quantitative estimate of drug-likeness (QED) is 0.443. The van der Waals surface area contributed by atoms with Gasteiger partial charge in [0, 0.05) is 17.0 Å². The van der Waals surface area contributed by atoms with Gasteiger partial charge in [0.2, 0.25) is 0 Å². The van der Waals surface area contributed by atoms with Crippen molar-refractivity contribution >= 4 is 35.3 Å². The van der Waals surface area contributed by atoms with Crippen LogP contribution < -0.4 is 15.9 Å².